The lowest BCUT2D eigenvalue weighted by Crippen LogP contribution is -2.27. The third-order valence-corrected chi connectivity index (χ3v) is 4.92. The molecule has 2 nitrogen and oxygen atoms in total. The molecule has 0 radical (unpaired) electrons. The second-order valence-corrected chi connectivity index (χ2v) is 6.38. The Bertz CT molecular complexity index is 342. The van der Waals surface area contributed by atoms with E-state index in [0.29, 0.717) is 5.92 Å². The molecule has 1 atom stereocenters. The molecule has 1 aromatic heterocycles. The molecule has 0 saturated heterocycles. The maximum absolute atomic E-state index is 10.3. The van der Waals surface area contributed by atoms with Gasteiger partial charge in [-0.25, -0.2) is 4.98 Å². The molecule has 17 heavy (non-hydrogen) atoms. The van der Waals surface area contributed by atoms with Crippen LogP contribution in [0.25, 0.3) is 0 Å². The van der Waals surface area contributed by atoms with Crippen LogP contribution >= 0.6 is 11.3 Å². The van der Waals surface area contributed by atoms with Crippen molar-refractivity contribution in [2.75, 3.05) is 0 Å². The first kappa shape index (κ1) is 13.0. The van der Waals surface area contributed by atoms with Crippen molar-refractivity contribution >= 4 is 11.3 Å². The molecule has 2 rings (SSSR count). The molecule has 96 valence electrons. The molecule has 1 N–H and O–H groups in total. The highest BCUT2D eigenvalue weighted by Gasteiger charge is 2.26. The minimum atomic E-state index is -0.186. The van der Waals surface area contributed by atoms with Crippen molar-refractivity contribution < 1.29 is 5.11 Å². The summed E-state index contributed by atoms with van der Waals surface area (Å²) < 4.78 is 0. The predicted molar refractivity (Wildman–Crippen MR) is 72.3 cm³/mol. The molecular formula is C14H23NOS. The van der Waals surface area contributed by atoms with E-state index in [0.717, 1.165) is 23.0 Å². The van der Waals surface area contributed by atoms with E-state index in [1.807, 2.05) is 6.92 Å². The molecule has 1 aromatic rings. The fourth-order valence-electron chi connectivity index (χ4n) is 2.86. The average molecular weight is 253 g/mol. The van der Waals surface area contributed by atoms with Crippen LogP contribution in [0.1, 0.15) is 49.7 Å². The van der Waals surface area contributed by atoms with Crippen molar-refractivity contribution in [1.82, 2.24) is 4.98 Å². The van der Waals surface area contributed by atoms with E-state index in [9.17, 15) is 5.11 Å². The molecule has 1 saturated carbocycles. The number of thiazole rings is 1. The first-order valence-corrected chi connectivity index (χ1v) is 7.66. The van der Waals surface area contributed by atoms with Crippen molar-refractivity contribution in [1.29, 1.82) is 0 Å². The standard InChI is InChI=1S/C14H23NOS/c1-3-11-4-6-12(7-5-11)14(16)8-13-9-17-10(2)15-13/h9,11-12,14,16H,3-8H2,1-2H3. The lowest BCUT2D eigenvalue weighted by molar-refractivity contribution is 0.0729. The zero-order valence-corrected chi connectivity index (χ0v) is 11.7. The highest BCUT2D eigenvalue weighted by Crippen LogP contribution is 2.33. The monoisotopic (exact) mass is 253 g/mol. The van der Waals surface area contributed by atoms with Crippen LogP contribution < -0.4 is 0 Å². The Morgan fingerprint density at radius 3 is 2.65 bits per heavy atom. The fourth-order valence-corrected chi connectivity index (χ4v) is 3.49. The number of aromatic nitrogens is 1. The van der Waals surface area contributed by atoms with Gasteiger partial charge in [-0.1, -0.05) is 26.2 Å². The molecule has 1 unspecified atom stereocenters. The van der Waals surface area contributed by atoms with E-state index >= 15 is 0 Å². The Hall–Kier alpha value is -0.410. The first-order valence-electron chi connectivity index (χ1n) is 6.78. The zero-order valence-electron chi connectivity index (χ0n) is 10.9. The number of hydrogen-bond acceptors (Lipinski definition) is 3. The summed E-state index contributed by atoms with van der Waals surface area (Å²) in [4.78, 5) is 4.44. The Morgan fingerprint density at radius 1 is 1.41 bits per heavy atom. The van der Waals surface area contributed by atoms with Gasteiger partial charge in [-0.2, -0.15) is 0 Å². The Balaban J connectivity index is 1.82. The highest BCUT2D eigenvalue weighted by molar-refractivity contribution is 7.09. The molecule has 1 heterocycles. The van der Waals surface area contributed by atoms with Gasteiger partial charge >= 0.3 is 0 Å². The van der Waals surface area contributed by atoms with Gasteiger partial charge in [0.15, 0.2) is 0 Å². The third kappa shape index (κ3) is 3.52. The number of rotatable bonds is 4. The Kier molecular flexibility index (Phi) is 4.57. The maximum Gasteiger partial charge on any atom is 0.0897 e. The van der Waals surface area contributed by atoms with Crippen LogP contribution in [0.3, 0.4) is 0 Å². The van der Waals surface area contributed by atoms with Gasteiger partial charge in [0.1, 0.15) is 0 Å². The number of aryl methyl sites for hydroxylation is 1. The van der Waals surface area contributed by atoms with Crippen molar-refractivity contribution in [3.8, 4) is 0 Å². The van der Waals surface area contributed by atoms with Crippen molar-refractivity contribution in [3.05, 3.63) is 16.1 Å². The summed E-state index contributed by atoms with van der Waals surface area (Å²) in [6.07, 6.45) is 6.85. The van der Waals surface area contributed by atoms with Gasteiger partial charge in [0.25, 0.3) is 0 Å². The molecule has 0 amide bonds. The quantitative estimate of drug-likeness (QED) is 0.890. The molecule has 0 spiro atoms. The number of nitrogens with zero attached hydrogens (tertiary/aromatic N) is 1. The van der Waals surface area contributed by atoms with Gasteiger partial charge in [0.05, 0.1) is 16.8 Å². The van der Waals surface area contributed by atoms with Crippen LogP contribution in [0.2, 0.25) is 0 Å². The molecule has 0 aromatic carbocycles. The van der Waals surface area contributed by atoms with E-state index < -0.39 is 0 Å². The number of hydrogen-bond donors (Lipinski definition) is 1. The van der Waals surface area contributed by atoms with E-state index in [-0.39, 0.29) is 6.10 Å². The smallest absolute Gasteiger partial charge is 0.0897 e. The molecule has 1 aliphatic carbocycles. The van der Waals surface area contributed by atoms with Gasteiger partial charge in [-0.05, 0) is 31.6 Å². The normalized spacial score (nSPS) is 27.0. The van der Waals surface area contributed by atoms with E-state index in [4.69, 9.17) is 0 Å². The second kappa shape index (κ2) is 5.96. The maximum atomic E-state index is 10.3. The number of aliphatic hydroxyl groups excluding tert-OH is 1. The summed E-state index contributed by atoms with van der Waals surface area (Å²) in [6, 6.07) is 0. The summed E-state index contributed by atoms with van der Waals surface area (Å²) in [5, 5.41) is 13.4. The topological polar surface area (TPSA) is 33.1 Å². The molecule has 0 bridgehead atoms. The van der Waals surface area contributed by atoms with E-state index in [1.165, 1.54) is 32.1 Å². The SMILES string of the molecule is CCC1CCC(C(O)Cc2csc(C)n2)CC1. The Morgan fingerprint density at radius 2 is 2.12 bits per heavy atom. The predicted octanol–water partition coefficient (Wildman–Crippen LogP) is 3.57. The van der Waals surface area contributed by atoms with Crippen LogP contribution in [0.4, 0.5) is 0 Å². The summed E-state index contributed by atoms with van der Waals surface area (Å²) in [5.74, 6) is 1.40. The highest BCUT2D eigenvalue weighted by atomic mass is 32.1. The van der Waals surface area contributed by atoms with Crippen LogP contribution in [-0.2, 0) is 6.42 Å². The van der Waals surface area contributed by atoms with E-state index in [2.05, 4.69) is 17.3 Å². The summed E-state index contributed by atoms with van der Waals surface area (Å²) >= 11 is 1.67. The Labute approximate surface area is 108 Å². The first-order chi connectivity index (χ1) is 8.19. The van der Waals surface area contributed by atoms with Crippen LogP contribution in [-0.4, -0.2) is 16.2 Å². The number of aliphatic hydroxyl groups is 1. The van der Waals surface area contributed by atoms with Crippen LogP contribution in [0.5, 0.6) is 0 Å². The van der Waals surface area contributed by atoms with E-state index in [1.54, 1.807) is 11.3 Å². The average Bonchev–Trinajstić information content (AvgIpc) is 2.75. The van der Waals surface area contributed by atoms with Crippen LogP contribution in [0.15, 0.2) is 5.38 Å². The minimum absolute atomic E-state index is 0.186. The van der Waals surface area contributed by atoms with Crippen molar-refractivity contribution in [2.45, 2.75) is 58.5 Å². The van der Waals surface area contributed by atoms with Gasteiger partial charge in [-0.15, -0.1) is 11.3 Å². The third-order valence-electron chi connectivity index (χ3n) is 4.10. The summed E-state index contributed by atoms with van der Waals surface area (Å²) in [5.41, 5.74) is 1.07. The molecule has 3 heteroatoms. The molecule has 0 aliphatic heterocycles. The second-order valence-electron chi connectivity index (χ2n) is 5.32. The summed E-state index contributed by atoms with van der Waals surface area (Å²) in [7, 11) is 0. The summed E-state index contributed by atoms with van der Waals surface area (Å²) in [6.45, 7) is 4.30. The minimum Gasteiger partial charge on any atom is -0.392 e. The zero-order chi connectivity index (χ0) is 12.3. The van der Waals surface area contributed by atoms with Gasteiger partial charge in [0, 0.05) is 11.8 Å². The van der Waals surface area contributed by atoms with Crippen molar-refractivity contribution in [2.24, 2.45) is 11.8 Å². The molecular weight excluding hydrogens is 230 g/mol. The van der Waals surface area contributed by atoms with Gasteiger partial charge < -0.3 is 5.11 Å². The lowest BCUT2D eigenvalue weighted by Gasteiger charge is -2.30. The largest absolute Gasteiger partial charge is 0.392 e. The van der Waals surface area contributed by atoms with Crippen molar-refractivity contribution in [3.63, 3.8) is 0 Å². The fraction of sp³-hybridized carbons (Fsp3) is 0.786. The molecule has 1 aliphatic rings. The molecule has 1 fully saturated rings. The lowest BCUT2D eigenvalue weighted by atomic mass is 9.77. The van der Waals surface area contributed by atoms with Crippen LogP contribution in [0, 0.1) is 18.8 Å². The van der Waals surface area contributed by atoms with Gasteiger partial charge in [-0.3, -0.25) is 0 Å². The van der Waals surface area contributed by atoms with Gasteiger partial charge in [0.2, 0.25) is 0 Å².